The van der Waals surface area contributed by atoms with E-state index in [4.69, 9.17) is 0 Å². The maximum atomic E-state index is 12.5. The molecule has 0 N–H and O–H groups in total. The lowest BCUT2D eigenvalue weighted by Crippen LogP contribution is -2.13. The van der Waals surface area contributed by atoms with Gasteiger partial charge in [0.15, 0.2) is 0 Å². The van der Waals surface area contributed by atoms with Crippen LogP contribution in [0.25, 0.3) is 0 Å². The summed E-state index contributed by atoms with van der Waals surface area (Å²) >= 11 is 0. The third-order valence-electron chi connectivity index (χ3n) is 2.87. The van der Waals surface area contributed by atoms with E-state index in [-0.39, 0.29) is 4.90 Å². The van der Waals surface area contributed by atoms with Crippen molar-refractivity contribution in [2.45, 2.75) is 39.1 Å². The van der Waals surface area contributed by atoms with Crippen LogP contribution < -0.4 is 0 Å². The van der Waals surface area contributed by atoms with Crippen molar-refractivity contribution in [1.29, 1.82) is 0 Å². The fourth-order valence-corrected chi connectivity index (χ4v) is 3.61. The smallest absolute Gasteiger partial charge is 0.271 e. The average molecular weight is 267 g/mol. The minimum Gasteiger partial charge on any atom is -0.271 e. The molecule has 2 heterocycles. The van der Waals surface area contributed by atoms with Crippen LogP contribution in [0.2, 0.25) is 0 Å². The number of nitrogens with zero attached hydrogens (tertiary/aromatic N) is 3. The van der Waals surface area contributed by atoms with Gasteiger partial charge in [0.25, 0.3) is 10.0 Å². The number of aromatic nitrogens is 3. The van der Waals surface area contributed by atoms with Gasteiger partial charge in [0.05, 0.1) is 5.69 Å². The van der Waals surface area contributed by atoms with Crippen molar-refractivity contribution in [3.8, 4) is 0 Å². The Balaban J connectivity index is 2.61. The Morgan fingerprint density at radius 1 is 1.22 bits per heavy atom. The zero-order chi connectivity index (χ0) is 13.5. The molecule has 6 heteroatoms. The first-order valence-corrected chi connectivity index (χ1v) is 7.25. The van der Waals surface area contributed by atoms with Gasteiger partial charge in [0.1, 0.15) is 4.90 Å². The molecule has 2 rings (SSSR count). The first kappa shape index (κ1) is 12.9. The van der Waals surface area contributed by atoms with Crippen LogP contribution in [0.15, 0.2) is 23.4 Å². The molecule has 0 unspecified atom stereocenters. The summed E-state index contributed by atoms with van der Waals surface area (Å²) < 4.78 is 28.0. The number of hydrogen-bond donors (Lipinski definition) is 0. The predicted octanol–water partition coefficient (Wildman–Crippen LogP) is 1.87. The first-order chi connectivity index (χ1) is 8.36. The normalized spacial score (nSPS) is 12.0. The molecule has 5 nitrogen and oxygen atoms in total. The first-order valence-electron chi connectivity index (χ1n) is 5.81. The lowest BCUT2D eigenvalue weighted by atomic mass is 10.4. The summed E-state index contributed by atoms with van der Waals surface area (Å²) in [6.45, 7) is 7.95. The minimum absolute atomic E-state index is 0.267. The average Bonchev–Trinajstić information content (AvgIpc) is 2.82. The van der Waals surface area contributed by atoms with Gasteiger partial charge in [-0.15, -0.1) is 0 Å². The standard InChI is InChI=1S/C12H17N3O2S/c1-5-14-8-12(11(4)13-14)18(16,17)15-7-9(2)6-10(15)3/h6-8H,5H2,1-4H3. The van der Waals surface area contributed by atoms with Crippen molar-refractivity contribution < 1.29 is 8.42 Å². The van der Waals surface area contributed by atoms with E-state index in [2.05, 4.69) is 5.10 Å². The largest absolute Gasteiger partial charge is 0.271 e. The fourth-order valence-electron chi connectivity index (χ4n) is 2.00. The monoisotopic (exact) mass is 267 g/mol. The highest BCUT2D eigenvalue weighted by atomic mass is 32.2. The second kappa shape index (κ2) is 4.28. The third-order valence-corrected chi connectivity index (χ3v) is 4.74. The molecule has 0 bridgehead atoms. The van der Waals surface area contributed by atoms with E-state index < -0.39 is 10.0 Å². The summed E-state index contributed by atoms with van der Waals surface area (Å²) in [6, 6.07) is 1.84. The van der Waals surface area contributed by atoms with Gasteiger partial charge in [-0.25, -0.2) is 12.4 Å². The van der Waals surface area contributed by atoms with E-state index >= 15 is 0 Å². The third kappa shape index (κ3) is 1.96. The molecule has 0 atom stereocenters. The number of aryl methyl sites for hydroxylation is 4. The highest BCUT2D eigenvalue weighted by Crippen LogP contribution is 2.20. The summed E-state index contributed by atoms with van der Waals surface area (Å²) in [5.41, 5.74) is 2.16. The molecule has 0 aliphatic carbocycles. The van der Waals surface area contributed by atoms with E-state index in [1.807, 2.05) is 19.9 Å². The van der Waals surface area contributed by atoms with Gasteiger partial charge in [0, 0.05) is 24.6 Å². The predicted molar refractivity (Wildman–Crippen MR) is 69.1 cm³/mol. The Labute approximate surface area is 107 Å². The molecular weight excluding hydrogens is 250 g/mol. The van der Waals surface area contributed by atoms with Crippen LogP contribution in [0.5, 0.6) is 0 Å². The Bertz CT molecular complexity index is 680. The molecule has 2 aromatic heterocycles. The van der Waals surface area contributed by atoms with Crippen LogP contribution in [0.3, 0.4) is 0 Å². The summed E-state index contributed by atoms with van der Waals surface area (Å²) in [5.74, 6) is 0. The SMILES string of the molecule is CCn1cc(S(=O)(=O)n2cc(C)cc2C)c(C)n1. The summed E-state index contributed by atoms with van der Waals surface area (Å²) in [4.78, 5) is 0.267. The van der Waals surface area contributed by atoms with Gasteiger partial charge in [-0.2, -0.15) is 5.10 Å². The van der Waals surface area contributed by atoms with Gasteiger partial charge in [-0.3, -0.25) is 4.68 Å². The molecule has 0 radical (unpaired) electrons. The van der Waals surface area contributed by atoms with Crippen LogP contribution in [0.1, 0.15) is 23.9 Å². The van der Waals surface area contributed by atoms with Crippen LogP contribution in [-0.4, -0.2) is 22.2 Å². The van der Waals surface area contributed by atoms with E-state index in [1.54, 1.807) is 30.9 Å². The number of hydrogen-bond acceptors (Lipinski definition) is 3. The van der Waals surface area contributed by atoms with Crippen molar-refractivity contribution in [3.63, 3.8) is 0 Å². The van der Waals surface area contributed by atoms with E-state index in [0.29, 0.717) is 17.9 Å². The van der Waals surface area contributed by atoms with Gasteiger partial charge >= 0.3 is 0 Å². The molecule has 18 heavy (non-hydrogen) atoms. The van der Waals surface area contributed by atoms with Gasteiger partial charge in [-0.05, 0) is 39.3 Å². The number of rotatable bonds is 3. The maximum absolute atomic E-state index is 12.5. The zero-order valence-electron chi connectivity index (χ0n) is 11.0. The van der Waals surface area contributed by atoms with E-state index in [0.717, 1.165) is 5.56 Å². The van der Waals surface area contributed by atoms with Gasteiger partial charge in [0.2, 0.25) is 0 Å². The quantitative estimate of drug-likeness (QED) is 0.853. The van der Waals surface area contributed by atoms with Crippen molar-refractivity contribution >= 4 is 10.0 Å². The highest BCUT2D eigenvalue weighted by molar-refractivity contribution is 7.90. The Morgan fingerprint density at radius 3 is 2.33 bits per heavy atom. The Kier molecular flexibility index (Phi) is 3.06. The molecular formula is C12H17N3O2S. The molecule has 0 amide bonds. The lowest BCUT2D eigenvalue weighted by molar-refractivity contribution is 0.585. The Morgan fingerprint density at radius 2 is 1.89 bits per heavy atom. The molecule has 0 spiro atoms. The fraction of sp³-hybridized carbons (Fsp3) is 0.417. The van der Waals surface area contributed by atoms with Crippen molar-refractivity contribution in [2.24, 2.45) is 0 Å². The zero-order valence-corrected chi connectivity index (χ0v) is 11.8. The van der Waals surface area contributed by atoms with Crippen molar-refractivity contribution in [3.05, 3.63) is 35.4 Å². The van der Waals surface area contributed by atoms with Gasteiger partial charge < -0.3 is 0 Å². The summed E-state index contributed by atoms with van der Waals surface area (Å²) in [7, 11) is -3.54. The van der Waals surface area contributed by atoms with Crippen LogP contribution in [0, 0.1) is 20.8 Å². The highest BCUT2D eigenvalue weighted by Gasteiger charge is 2.23. The second-order valence-corrected chi connectivity index (χ2v) is 6.18. The van der Waals surface area contributed by atoms with E-state index in [1.165, 1.54) is 3.97 Å². The molecule has 0 aliphatic rings. The van der Waals surface area contributed by atoms with E-state index in [9.17, 15) is 8.42 Å². The summed E-state index contributed by atoms with van der Waals surface area (Å²) in [5, 5.41) is 4.18. The van der Waals surface area contributed by atoms with Crippen molar-refractivity contribution in [1.82, 2.24) is 13.8 Å². The minimum atomic E-state index is -3.54. The topological polar surface area (TPSA) is 56.9 Å². The van der Waals surface area contributed by atoms with Crippen molar-refractivity contribution in [2.75, 3.05) is 0 Å². The van der Waals surface area contributed by atoms with Gasteiger partial charge in [-0.1, -0.05) is 0 Å². The maximum Gasteiger partial charge on any atom is 0.271 e. The molecule has 0 fully saturated rings. The van der Waals surface area contributed by atoms with Crippen LogP contribution in [-0.2, 0) is 16.6 Å². The second-order valence-electron chi connectivity index (χ2n) is 4.39. The Hall–Kier alpha value is -1.56. The molecule has 0 aromatic carbocycles. The molecule has 0 saturated heterocycles. The van der Waals surface area contributed by atoms with Crippen LogP contribution >= 0.6 is 0 Å². The molecule has 98 valence electrons. The molecule has 0 aliphatic heterocycles. The van der Waals surface area contributed by atoms with Crippen LogP contribution in [0.4, 0.5) is 0 Å². The molecule has 2 aromatic rings. The molecule has 0 saturated carbocycles. The lowest BCUT2D eigenvalue weighted by Gasteiger charge is -2.06. The summed E-state index contributed by atoms with van der Waals surface area (Å²) in [6.07, 6.45) is 3.22.